The summed E-state index contributed by atoms with van der Waals surface area (Å²) in [5.41, 5.74) is 0. The monoisotopic (exact) mass is 124 g/mol. The van der Waals surface area contributed by atoms with Gasteiger partial charge in [-0.1, -0.05) is 6.92 Å². The molecule has 2 heteroatoms. The summed E-state index contributed by atoms with van der Waals surface area (Å²) < 4.78 is 0. The highest BCUT2D eigenvalue weighted by Gasteiger charge is 1.95. The van der Waals surface area contributed by atoms with Gasteiger partial charge in [0.1, 0.15) is 6.67 Å². The minimum atomic E-state index is 0.838. The van der Waals surface area contributed by atoms with Crippen molar-refractivity contribution >= 4 is 6.21 Å². The van der Waals surface area contributed by atoms with Crippen LogP contribution in [-0.4, -0.2) is 24.3 Å². The highest BCUT2D eigenvalue weighted by Crippen LogP contribution is 1.95. The van der Waals surface area contributed by atoms with Crippen LogP contribution in [0.3, 0.4) is 0 Å². The number of nitrogens with zero attached hydrogens (tertiary/aromatic N) is 2. The van der Waals surface area contributed by atoms with Crippen LogP contribution in [0.25, 0.3) is 0 Å². The fourth-order valence-electron chi connectivity index (χ4n) is 0.853. The molecule has 0 aromatic heterocycles. The number of hydrogen-bond donors (Lipinski definition) is 0. The van der Waals surface area contributed by atoms with Crippen LogP contribution in [0.4, 0.5) is 0 Å². The van der Waals surface area contributed by atoms with Crippen LogP contribution >= 0.6 is 0 Å². The summed E-state index contributed by atoms with van der Waals surface area (Å²) in [6, 6.07) is 0. The van der Waals surface area contributed by atoms with Crippen molar-refractivity contribution in [2.75, 3.05) is 13.2 Å². The van der Waals surface area contributed by atoms with Crippen LogP contribution < -0.4 is 0 Å². The summed E-state index contributed by atoms with van der Waals surface area (Å²) in [5.74, 6) is 0. The predicted octanol–water partition coefficient (Wildman–Crippen LogP) is 1.25. The lowest BCUT2D eigenvalue weighted by Crippen LogP contribution is -2.19. The van der Waals surface area contributed by atoms with Crippen LogP contribution in [0.15, 0.2) is 17.3 Å². The molecule has 2 nitrogen and oxygen atoms in total. The first-order valence-electron chi connectivity index (χ1n) is 3.34. The zero-order valence-corrected chi connectivity index (χ0v) is 5.75. The van der Waals surface area contributed by atoms with Crippen LogP contribution in [0.1, 0.15) is 13.3 Å². The molecule has 9 heavy (non-hydrogen) atoms. The molecular formula is C7H12N2. The molecule has 0 N–H and O–H groups in total. The minimum absolute atomic E-state index is 0.838. The molecular weight excluding hydrogens is 112 g/mol. The van der Waals surface area contributed by atoms with Gasteiger partial charge >= 0.3 is 0 Å². The molecule has 0 radical (unpaired) electrons. The van der Waals surface area contributed by atoms with E-state index < -0.39 is 0 Å². The van der Waals surface area contributed by atoms with Crippen molar-refractivity contribution in [2.45, 2.75) is 13.3 Å². The molecule has 0 aromatic rings. The molecule has 0 saturated carbocycles. The lowest BCUT2D eigenvalue weighted by molar-refractivity contribution is 0.386. The van der Waals surface area contributed by atoms with Gasteiger partial charge in [0.15, 0.2) is 0 Å². The number of aliphatic imine (C=N–C) groups is 1. The first-order chi connectivity index (χ1) is 4.43. The number of hydrogen-bond acceptors (Lipinski definition) is 2. The topological polar surface area (TPSA) is 15.6 Å². The van der Waals surface area contributed by atoms with E-state index in [1.807, 2.05) is 12.3 Å². The zero-order chi connectivity index (χ0) is 6.53. The summed E-state index contributed by atoms with van der Waals surface area (Å²) in [6.45, 7) is 4.13. The molecule has 0 spiro atoms. The van der Waals surface area contributed by atoms with E-state index in [0.717, 1.165) is 13.2 Å². The largest absolute Gasteiger partial charge is 0.358 e. The zero-order valence-electron chi connectivity index (χ0n) is 5.75. The third-order valence-electron chi connectivity index (χ3n) is 1.26. The van der Waals surface area contributed by atoms with Gasteiger partial charge in [0.05, 0.1) is 0 Å². The molecule has 0 aliphatic carbocycles. The van der Waals surface area contributed by atoms with Crippen molar-refractivity contribution < 1.29 is 0 Å². The summed E-state index contributed by atoms with van der Waals surface area (Å²) in [4.78, 5) is 6.29. The Balaban J connectivity index is 2.28. The molecule has 1 aliphatic rings. The lowest BCUT2D eigenvalue weighted by Gasteiger charge is -2.17. The Labute approximate surface area is 55.9 Å². The Morgan fingerprint density at radius 2 is 2.56 bits per heavy atom. The fraction of sp³-hybridized carbons (Fsp3) is 0.571. The van der Waals surface area contributed by atoms with E-state index in [0.29, 0.717) is 0 Å². The highest BCUT2D eigenvalue weighted by molar-refractivity contribution is 5.71. The quantitative estimate of drug-likeness (QED) is 0.541. The van der Waals surface area contributed by atoms with Gasteiger partial charge < -0.3 is 4.90 Å². The molecule has 0 amide bonds. The Hall–Kier alpha value is -0.790. The average Bonchev–Trinajstić information content (AvgIpc) is 1.91. The van der Waals surface area contributed by atoms with Crippen molar-refractivity contribution in [3.05, 3.63) is 12.3 Å². The maximum atomic E-state index is 4.09. The van der Waals surface area contributed by atoms with Crippen LogP contribution in [0.2, 0.25) is 0 Å². The molecule has 0 unspecified atom stereocenters. The Bertz CT molecular complexity index is 127. The maximum Gasteiger partial charge on any atom is 0.109 e. The summed E-state index contributed by atoms with van der Waals surface area (Å²) in [6.07, 6.45) is 7.08. The van der Waals surface area contributed by atoms with Crippen molar-refractivity contribution in [3.8, 4) is 0 Å². The highest BCUT2D eigenvalue weighted by atomic mass is 15.2. The van der Waals surface area contributed by atoms with Gasteiger partial charge in [-0.05, 0) is 12.5 Å². The smallest absolute Gasteiger partial charge is 0.109 e. The van der Waals surface area contributed by atoms with Gasteiger partial charge in [0.25, 0.3) is 0 Å². The Kier molecular flexibility index (Phi) is 2.31. The van der Waals surface area contributed by atoms with Crippen LogP contribution in [0, 0.1) is 0 Å². The molecule has 0 aromatic carbocycles. The van der Waals surface area contributed by atoms with Gasteiger partial charge in [0.2, 0.25) is 0 Å². The van der Waals surface area contributed by atoms with E-state index in [9.17, 15) is 0 Å². The first kappa shape index (κ1) is 6.33. The second-order valence-electron chi connectivity index (χ2n) is 2.13. The van der Waals surface area contributed by atoms with Crippen molar-refractivity contribution in [3.63, 3.8) is 0 Å². The second kappa shape index (κ2) is 3.28. The van der Waals surface area contributed by atoms with Crippen molar-refractivity contribution in [1.82, 2.24) is 4.90 Å². The normalized spacial score (nSPS) is 16.8. The Morgan fingerprint density at radius 3 is 3.11 bits per heavy atom. The number of allylic oxidation sites excluding steroid dienone is 1. The SMILES string of the molecule is CCCN1C=CC=NC1. The standard InChI is InChI=1S/C7H12N2/c1-2-5-9-6-3-4-8-7-9/h3-4,6H,2,5,7H2,1H3. The summed E-state index contributed by atoms with van der Waals surface area (Å²) in [5, 5.41) is 0. The molecule has 1 rings (SSSR count). The van der Waals surface area contributed by atoms with E-state index in [-0.39, 0.29) is 0 Å². The summed E-state index contributed by atoms with van der Waals surface area (Å²) >= 11 is 0. The van der Waals surface area contributed by atoms with Gasteiger partial charge in [-0.2, -0.15) is 0 Å². The van der Waals surface area contributed by atoms with E-state index in [4.69, 9.17) is 0 Å². The third kappa shape index (κ3) is 1.88. The predicted molar refractivity (Wildman–Crippen MR) is 39.5 cm³/mol. The van der Waals surface area contributed by atoms with Crippen LogP contribution in [0.5, 0.6) is 0 Å². The van der Waals surface area contributed by atoms with E-state index in [1.165, 1.54) is 6.42 Å². The van der Waals surface area contributed by atoms with Gasteiger partial charge in [-0.3, -0.25) is 4.99 Å². The van der Waals surface area contributed by atoms with E-state index in [2.05, 4.69) is 23.0 Å². The minimum Gasteiger partial charge on any atom is -0.358 e. The molecule has 1 aliphatic heterocycles. The van der Waals surface area contributed by atoms with Crippen molar-refractivity contribution in [2.24, 2.45) is 4.99 Å². The van der Waals surface area contributed by atoms with Gasteiger partial charge in [-0.25, -0.2) is 0 Å². The molecule has 1 heterocycles. The lowest BCUT2D eigenvalue weighted by atomic mass is 10.4. The van der Waals surface area contributed by atoms with Crippen LogP contribution in [-0.2, 0) is 0 Å². The average molecular weight is 124 g/mol. The third-order valence-corrected chi connectivity index (χ3v) is 1.26. The molecule has 50 valence electrons. The molecule has 0 atom stereocenters. The molecule has 0 saturated heterocycles. The van der Waals surface area contributed by atoms with E-state index >= 15 is 0 Å². The Morgan fingerprint density at radius 1 is 1.67 bits per heavy atom. The number of rotatable bonds is 2. The second-order valence-corrected chi connectivity index (χ2v) is 2.13. The first-order valence-corrected chi connectivity index (χ1v) is 3.34. The maximum absolute atomic E-state index is 4.09. The summed E-state index contributed by atoms with van der Waals surface area (Å²) in [7, 11) is 0. The van der Waals surface area contributed by atoms with E-state index in [1.54, 1.807) is 0 Å². The van der Waals surface area contributed by atoms with Gasteiger partial charge in [0, 0.05) is 19.0 Å². The van der Waals surface area contributed by atoms with Gasteiger partial charge in [-0.15, -0.1) is 0 Å². The van der Waals surface area contributed by atoms with Crippen molar-refractivity contribution in [1.29, 1.82) is 0 Å². The fourth-order valence-corrected chi connectivity index (χ4v) is 0.853. The molecule has 0 bridgehead atoms. The molecule has 0 fully saturated rings.